The lowest BCUT2D eigenvalue weighted by atomic mass is 9.83. The standard InChI is InChI=1S/C24H32F2/c1-17-7-11-19(12-8-17)5-3-4-6-21-15-16-22(24(26)23(21)25)20-13-9-18(2)10-14-20/h3,5,13,15-19H,4,6-12,14H2,1-2H3/b5-3+. The Bertz CT molecular complexity index is 663. The minimum absolute atomic E-state index is 0.463. The van der Waals surface area contributed by atoms with Crippen molar-refractivity contribution in [1.29, 1.82) is 0 Å². The highest BCUT2D eigenvalue weighted by Crippen LogP contribution is 2.33. The molecule has 1 fully saturated rings. The van der Waals surface area contributed by atoms with Gasteiger partial charge in [0, 0.05) is 5.56 Å². The van der Waals surface area contributed by atoms with Gasteiger partial charge in [-0.3, -0.25) is 0 Å². The highest BCUT2D eigenvalue weighted by atomic mass is 19.2. The van der Waals surface area contributed by atoms with Gasteiger partial charge in [0.2, 0.25) is 0 Å². The average molecular weight is 359 g/mol. The molecule has 0 radical (unpaired) electrons. The van der Waals surface area contributed by atoms with E-state index < -0.39 is 11.6 Å². The molecular weight excluding hydrogens is 326 g/mol. The van der Waals surface area contributed by atoms with Crippen LogP contribution in [0.3, 0.4) is 0 Å². The van der Waals surface area contributed by atoms with Gasteiger partial charge in [-0.15, -0.1) is 0 Å². The van der Waals surface area contributed by atoms with Crippen LogP contribution >= 0.6 is 0 Å². The van der Waals surface area contributed by atoms with Gasteiger partial charge >= 0.3 is 0 Å². The second-order valence-electron chi connectivity index (χ2n) is 8.50. The van der Waals surface area contributed by atoms with Crippen molar-refractivity contribution in [2.24, 2.45) is 17.8 Å². The molecule has 0 N–H and O–H groups in total. The highest BCUT2D eigenvalue weighted by molar-refractivity contribution is 5.67. The maximum absolute atomic E-state index is 14.5. The van der Waals surface area contributed by atoms with E-state index in [2.05, 4.69) is 32.1 Å². The first-order valence-corrected chi connectivity index (χ1v) is 10.4. The van der Waals surface area contributed by atoms with Gasteiger partial charge in [0.05, 0.1) is 0 Å². The number of hydrogen-bond acceptors (Lipinski definition) is 0. The van der Waals surface area contributed by atoms with E-state index in [1.54, 1.807) is 12.1 Å². The molecule has 0 aromatic heterocycles. The molecule has 1 atom stereocenters. The third-order valence-electron chi connectivity index (χ3n) is 6.23. The van der Waals surface area contributed by atoms with Gasteiger partial charge in [-0.05, 0) is 73.8 Å². The first-order valence-electron chi connectivity index (χ1n) is 10.4. The maximum Gasteiger partial charge on any atom is 0.166 e. The predicted molar refractivity (Wildman–Crippen MR) is 106 cm³/mol. The highest BCUT2D eigenvalue weighted by Gasteiger charge is 2.19. The topological polar surface area (TPSA) is 0 Å². The van der Waals surface area contributed by atoms with E-state index in [4.69, 9.17) is 0 Å². The molecule has 1 aromatic rings. The summed E-state index contributed by atoms with van der Waals surface area (Å²) >= 11 is 0. The Hall–Kier alpha value is -1.44. The fraction of sp³-hybridized carbons (Fsp3) is 0.583. The molecule has 1 aromatic carbocycles. The van der Waals surface area contributed by atoms with Crippen LogP contribution in [0.4, 0.5) is 8.78 Å². The minimum Gasteiger partial charge on any atom is -0.203 e. The predicted octanol–water partition coefficient (Wildman–Crippen LogP) is 7.48. The van der Waals surface area contributed by atoms with Crippen molar-refractivity contribution in [3.05, 3.63) is 53.1 Å². The van der Waals surface area contributed by atoms with Crippen LogP contribution in [-0.2, 0) is 6.42 Å². The molecule has 0 bridgehead atoms. The van der Waals surface area contributed by atoms with Crippen molar-refractivity contribution in [2.75, 3.05) is 0 Å². The lowest BCUT2D eigenvalue weighted by Crippen LogP contribution is -2.10. The molecule has 3 rings (SSSR count). The van der Waals surface area contributed by atoms with Crippen LogP contribution in [0.1, 0.15) is 76.3 Å². The SMILES string of the molecule is CC1CC=C(c2ccc(CC/C=C/C3CCC(C)CC3)c(F)c2F)CC1. The zero-order valence-electron chi connectivity index (χ0n) is 16.2. The Morgan fingerprint density at radius 3 is 2.42 bits per heavy atom. The largest absolute Gasteiger partial charge is 0.203 e. The summed E-state index contributed by atoms with van der Waals surface area (Å²) in [4.78, 5) is 0. The van der Waals surface area contributed by atoms with Crippen LogP contribution in [0, 0.1) is 29.4 Å². The summed E-state index contributed by atoms with van der Waals surface area (Å²) in [6.45, 7) is 4.53. The molecule has 0 amide bonds. The summed E-state index contributed by atoms with van der Waals surface area (Å²) in [6.07, 6.45) is 15.9. The smallest absolute Gasteiger partial charge is 0.166 e. The fourth-order valence-electron chi connectivity index (χ4n) is 4.25. The summed E-state index contributed by atoms with van der Waals surface area (Å²) < 4.78 is 29.0. The molecule has 1 unspecified atom stereocenters. The quantitative estimate of drug-likeness (QED) is 0.478. The van der Waals surface area contributed by atoms with Crippen LogP contribution in [0.15, 0.2) is 30.4 Å². The van der Waals surface area contributed by atoms with E-state index in [-0.39, 0.29) is 0 Å². The summed E-state index contributed by atoms with van der Waals surface area (Å²) in [5.74, 6) is 0.870. The number of halogens is 2. The lowest BCUT2D eigenvalue weighted by Gasteiger charge is -2.23. The van der Waals surface area contributed by atoms with Gasteiger partial charge in [-0.25, -0.2) is 8.78 Å². The Morgan fingerprint density at radius 2 is 1.73 bits per heavy atom. The molecule has 2 aliphatic rings. The van der Waals surface area contributed by atoms with E-state index >= 15 is 0 Å². The normalized spacial score (nSPS) is 26.9. The number of rotatable bonds is 5. The minimum atomic E-state index is -0.659. The summed E-state index contributed by atoms with van der Waals surface area (Å²) in [5, 5.41) is 0. The molecule has 0 spiro atoms. The maximum atomic E-state index is 14.5. The second kappa shape index (κ2) is 8.97. The zero-order chi connectivity index (χ0) is 18.5. The first-order chi connectivity index (χ1) is 12.5. The van der Waals surface area contributed by atoms with Gasteiger partial charge < -0.3 is 0 Å². The van der Waals surface area contributed by atoms with E-state index in [1.165, 1.54) is 25.7 Å². The fourth-order valence-corrected chi connectivity index (χ4v) is 4.25. The molecule has 0 heterocycles. The van der Waals surface area contributed by atoms with E-state index in [0.717, 1.165) is 37.2 Å². The van der Waals surface area contributed by atoms with E-state index in [0.29, 0.717) is 29.4 Å². The monoisotopic (exact) mass is 358 g/mol. The molecule has 2 aliphatic carbocycles. The van der Waals surface area contributed by atoms with E-state index in [1.807, 2.05) is 0 Å². The number of aryl methyl sites for hydroxylation is 1. The summed E-state index contributed by atoms with van der Waals surface area (Å²) in [6, 6.07) is 3.56. The molecule has 142 valence electrons. The van der Waals surface area contributed by atoms with Gasteiger partial charge in [0.1, 0.15) is 0 Å². The van der Waals surface area contributed by atoms with Gasteiger partial charge in [0.15, 0.2) is 11.6 Å². The molecule has 26 heavy (non-hydrogen) atoms. The van der Waals surface area contributed by atoms with Gasteiger partial charge in [-0.1, -0.05) is 57.0 Å². The van der Waals surface area contributed by atoms with Crippen LogP contribution in [0.25, 0.3) is 5.57 Å². The van der Waals surface area contributed by atoms with Gasteiger partial charge in [-0.2, -0.15) is 0 Å². The Kier molecular flexibility index (Phi) is 6.67. The molecule has 1 saturated carbocycles. The summed E-state index contributed by atoms with van der Waals surface area (Å²) in [7, 11) is 0. The van der Waals surface area contributed by atoms with Crippen LogP contribution in [0.2, 0.25) is 0 Å². The van der Waals surface area contributed by atoms with Crippen molar-refractivity contribution >= 4 is 5.57 Å². The Balaban J connectivity index is 1.58. The number of benzene rings is 1. The molecule has 0 saturated heterocycles. The second-order valence-corrected chi connectivity index (χ2v) is 8.50. The molecule has 0 aliphatic heterocycles. The lowest BCUT2D eigenvalue weighted by molar-refractivity contribution is 0.330. The van der Waals surface area contributed by atoms with Crippen molar-refractivity contribution in [3.8, 4) is 0 Å². The third kappa shape index (κ3) is 4.84. The van der Waals surface area contributed by atoms with Crippen LogP contribution in [0.5, 0.6) is 0 Å². The third-order valence-corrected chi connectivity index (χ3v) is 6.23. The van der Waals surface area contributed by atoms with Crippen LogP contribution < -0.4 is 0 Å². The van der Waals surface area contributed by atoms with Gasteiger partial charge in [0.25, 0.3) is 0 Å². The first kappa shape index (κ1) is 19.3. The Labute approximate surface area is 157 Å². The molecular formula is C24H32F2. The van der Waals surface area contributed by atoms with E-state index in [9.17, 15) is 8.78 Å². The van der Waals surface area contributed by atoms with Crippen LogP contribution in [-0.4, -0.2) is 0 Å². The zero-order valence-corrected chi connectivity index (χ0v) is 16.2. The van der Waals surface area contributed by atoms with Crippen molar-refractivity contribution in [2.45, 2.75) is 71.6 Å². The summed E-state index contributed by atoms with van der Waals surface area (Å²) in [5.41, 5.74) is 1.93. The number of allylic oxidation sites excluding steroid dienone is 4. The average Bonchev–Trinajstić information content (AvgIpc) is 2.64. The molecule has 0 nitrogen and oxygen atoms in total. The van der Waals surface area contributed by atoms with Crippen molar-refractivity contribution in [3.63, 3.8) is 0 Å². The van der Waals surface area contributed by atoms with Crippen molar-refractivity contribution in [1.82, 2.24) is 0 Å². The number of hydrogen-bond donors (Lipinski definition) is 0. The Morgan fingerprint density at radius 1 is 0.962 bits per heavy atom. The van der Waals surface area contributed by atoms with Crippen molar-refractivity contribution < 1.29 is 8.78 Å². The molecule has 2 heteroatoms.